The molecule has 17 heavy (non-hydrogen) atoms. The molecule has 1 atom stereocenters. The van der Waals surface area contributed by atoms with Gasteiger partial charge in [-0.1, -0.05) is 24.3 Å². The van der Waals surface area contributed by atoms with Gasteiger partial charge in [0.15, 0.2) is 0 Å². The fraction of sp³-hybridized carbons (Fsp3) is 0.143. The van der Waals surface area contributed by atoms with Gasteiger partial charge in [-0.05, 0) is 31.2 Å². The Morgan fingerprint density at radius 2 is 1.82 bits per heavy atom. The lowest BCUT2D eigenvalue weighted by Gasteiger charge is -2.12. The van der Waals surface area contributed by atoms with E-state index in [1.54, 1.807) is 18.3 Å². The van der Waals surface area contributed by atoms with Gasteiger partial charge in [-0.25, -0.2) is 4.79 Å². The number of ether oxygens (including phenoxy) is 1. The summed E-state index contributed by atoms with van der Waals surface area (Å²) in [6.45, 7) is 1.81. The van der Waals surface area contributed by atoms with E-state index in [1.807, 2.05) is 43.3 Å². The quantitative estimate of drug-likeness (QED) is 0.757. The Kier molecular flexibility index (Phi) is 3.50. The average molecular weight is 227 g/mol. The van der Waals surface area contributed by atoms with Crippen LogP contribution in [0.15, 0.2) is 54.7 Å². The maximum Gasteiger partial charge on any atom is 0.338 e. The predicted molar refractivity (Wildman–Crippen MR) is 64.5 cm³/mol. The molecule has 3 nitrogen and oxygen atoms in total. The van der Waals surface area contributed by atoms with Crippen LogP contribution in [0.2, 0.25) is 0 Å². The van der Waals surface area contributed by atoms with E-state index in [-0.39, 0.29) is 12.1 Å². The number of hydrogen-bond donors (Lipinski definition) is 0. The molecule has 1 heterocycles. The van der Waals surface area contributed by atoms with Crippen molar-refractivity contribution in [3.8, 4) is 0 Å². The van der Waals surface area contributed by atoms with Crippen LogP contribution in [-0.2, 0) is 4.74 Å². The van der Waals surface area contributed by atoms with Crippen LogP contribution in [0.3, 0.4) is 0 Å². The number of hydrogen-bond acceptors (Lipinski definition) is 3. The largest absolute Gasteiger partial charge is 0.453 e. The Morgan fingerprint density at radius 3 is 2.47 bits per heavy atom. The van der Waals surface area contributed by atoms with Crippen LogP contribution in [0.25, 0.3) is 0 Å². The van der Waals surface area contributed by atoms with E-state index in [1.165, 1.54) is 0 Å². The molecule has 2 aromatic rings. The zero-order chi connectivity index (χ0) is 12.1. The summed E-state index contributed by atoms with van der Waals surface area (Å²) in [5.74, 6) is -0.330. The molecular weight excluding hydrogens is 214 g/mol. The molecule has 1 aromatic heterocycles. The molecular formula is C14H13NO2. The van der Waals surface area contributed by atoms with Crippen molar-refractivity contribution in [1.82, 2.24) is 4.98 Å². The summed E-state index contributed by atoms with van der Waals surface area (Å²) < 4.78 is 5.32. The highest BCUT2D eigenvalue weighted by molar-refractivity contribution is 5.89. The zero-order valence-corrected chi connectivity index (χ0v) is 9.54. The van der Waals surface area contributed by atoms with Gasteiger partial charge in [0.25, 0.3) is 0 Å². The Morgan fingerprint density at radius 1 is 1.12 bits per heavy atom. The molecule has 0 radical (unpaired) electrons. The van der Waals surface area contributed by atoms with Gasteiger partial charge in [0, 0.05) is 6.20 Å². The van der Waals surface area contributed by atoms with Crippen LogP contribution in [0.5, 0.6) is 0 Å². The standard InChI is InChI=1S/C14H13NO2/c1-11(13-9-5-6-10-15-13)17-14(16)12-7-3-2-4-8-12/h2-11H,1H3. The Balaban J connectivity index is 2.05. The van der Waals surface area contributed by atoms with E-state index in [0.717, 1.165) is 5.69 Å². The number of aromatic nitrogens is 1. The molecule has 1 aromatic carbocycles. The van der Waals surface area contributed by atoms with Gasteiger partial charge in [-0.3, -0.25) is 4.98 Å². The third-order valence-corrected chi connectivity index (χ3v) is 2.40. The van der Waals surface area contributed by atoms with Crippen LogP contribution >= 0.6 is 0 Å². The number of pyridine rings is 1. The summed E-state index contributed by atoms with van der Waals surface area (Å²) in [6, 6.07) is 14.5. The summed E-state index contributed by atoms with van der Waals surface area (Å²) in [4.78, 5) is 15.9. The average Bonchev–Trinajstić information content (AvgIpc) is 2.40. The lowest BCUT2D eigenvalue weighted by molar-refractivity contribution is 0.0329. The molecule has 1 unspecified atom stereocenters. The molecule has 0 N–H and O–H groups in total. The van der Waals surface area contributed by atoms with Crippen molar-refractivity contribution in [2.75, 3.05) is 0 Å². The van der Waals surface area contributed by atoms with Crippen molar-refractivity contribution >= 4 is 5.97 Å². The van der Waals surface area contributed by atoms with Gasteiger partial charge >= 0.3 is 5.97 Å². The van der Waals surface area contributed by atoms with Crippen LogP contribution in [-0.4, -0.2) is 11.0 Å². The molecule has 0 fully saturated rings. The summed E-state index contributed by atoms with van der Waals surface area (Å²) in [5.41, 5.74) is 1.30. The minimum absolute atomic E-state index is 0.330. The van der Waals surface area contributed by atoms with Crippen molar-refractivity contribution < 1.29 is 9.53 Å². The summed E-state index contributed by atoms with van der Waals surface area (Å²) in [6.07, 6.45) is 1.34. The van der Waals surface area contributed by atoms with Crippen molar-refractivity contribution in [2.45, 2.75) is 13.0 Å². The topological polar surface area (TPSA) is 39.2 Å². The molecule has 0 spiro atoms. The third kappa shape index (κ3) is 2.91. The van der Waals surface area contributed by atoms with Gasteiger partial charge in [0.2, 0.25) is 0 Å². The number of carbonyl (C=O) groups excluding carboxylic acids is 1. The fourth-order valence-electron chi connectivity index (χ4n) is 1.48. The van der Waals surface area contributed by atoms with E-state index >= 15 is 0 Å². The van der Waals surface area contributed by atoms with Gasteiger partial charge in [-0.15, -0.1) is 0 Å². The summed E-state index contributed by atoms with van der Waals surface area (Å²) >= 11 is 0. The molecule has 0 aliphatic heterocycles. The van der Waals surface area contributed by atoms with Crippen molar-refractivity contribution in [3.05, 3.63) is 66.0 Å². The highest BCUT2D eigenvalue weighted by Gasteiger charge is 2.13. The number of carbonyl (C=O) groups is 1. The van der Waals surface area contributed by atoms with Gasteiger partial charge in [-0.2, -0.15) is 0 Å². The molecule has 0 aliphatic carbocycles. The Labute approximate surface area is 100 Å². The normalized spacial score (nSPS) is 11.8. The molecule has 0 saturated heterocycles. The van der Waals surface area contributed by atoms with E-state index in [2.05, 4.69) is 4.98 Å². The van der Waals surface area contributed by atoms with E-state index in [4.69, 9.17) is 4.74 Å². The first-order valence-electron chi connectivity index (χ1n) is 5.44. The van der Waals surface area contributed by atoms with Crippen molar-refractivity contribution in [3.63, 3.8) is 0 Å². The molecule has 0 aliphatic rings. The molecule has 0 amide bonds. The molecule has 2 rings (SSSR count). The monoisotopic (exact) mass is 227 g/mol. The van der Waals surface area contributed by atoms with Gasteiger partial charge in [0.1, 0.15) is 6.10 Å². The second kappa shape index (κ2) is 5.25. The zero-order valence-electron chi connectivity index (χ0n) is 9.54. The summed E-state index contributed by atoms with van der Waals surface area (Å²) in [7, 11) is 0. The first-order chi connectivity index (χ1) is 8.27. The first-order valence-corrected chi connectivity index (χ1v) is 5.44. The van der Waals surface area contributed by atoms with E-state index < -0.39 is 0 Å². The second-order valence-corrected chi connectivity index (χ2v) is 3.67. The molecule has 86 valence electrons. The van der Waals surface area contributed by atoms with E-state index in [0.29, 0.717) is 5.56 Å². The minimum Gasteiger partial charge on any atom is -0.453 e. The second-order valence-electron chi connectivity index (χ2n) is 3.67. The Bertz CT molecular complexity index is 482. The van der Waals surface area contributed by atoms with Crippen molar-refractivity contribution in [1.29, 1.82) is 0 Å². The Hall–Kier alpha value is -2.16. The van der Waals surface area contributed by atoms with Crippen LogP contribution < -0.4 is 0 Å². The first kappa shape index (κ1) is 11.3. The molecule has 0 saturated carbocycles. The predicted octanol–water partition coefficient (Wildman–Crippen LogP) is 3.00. The van der Waals surface area contributed by atoms with Gasteiger partial charge < -0.3 is 4.74 Å². The van der Waals surface area contributed by atoms with Gasteiger partial charge in [0.05, 0.1) is 11.3 Å². The third-order valence-electron chi connectivity index (χ3n) is 2.40. The lowest BCUT2D eigenvalue weighted by Crippen LogP contribution is -2.10. The van der Waals surface area contributed by atoms with E-state index in [9.17, 15) is 4.79 Å². The highest BCUT2D eigenvalue weighted by atomic mass is 16.5. The molecule has 3 heteroatoms. The van der Waals surface area contributed by atoms with Crippen LogP contribution in [0.1, 0.15) is 29.1 Å². The summed E-state index contributed by atoms with van der Waals surface area (Å²) in [5, 5.41) is 0. The number of benzene rings is 1. The minimum atomic E-state index is -0.344. The number of rotatable bonds is 3. The maximum atomic E-state index is 11.8. The maximum absolute atomic E-state index is 11.8. The van der Waals surface area contributed by atoms with Crippen LogP contribution in [0.4, 0.5) is 0 Å². The number of esters is 1. The number of nitrogens with zero attached hydrogens (tertiary/aromatic N) is 1. The smallest absolute Gasteiger partial charge is 0.338 e. The molecule has 0 bridgehead atoms. The highest BCUT2D eigenvalue weighted by Crippen LogP contribution is 2.15. The van der Waals surface area contributed by atoms with Crippen molar-refractivity contribution in [2.24, 2.45) is 0 Å². The fourth-order valence-corrected chi connectivity index (χ4v) is 1.48. The lowest BCUT2D eigenvalue weighted by atomic mass is 10.2. The SMILES string of the molecule is CC(OC(=O)c1ccccc1)c1ccccn1. The van der Waals surface area contributed by atoms with Crippen LogP contribution in [0, 0.1) is 0 Å².